The van der Waals surface area contributed by atoms with Gasteiger partial charge in [0.2, 0.25) is 0 Å². The molecule has 1 aliphatic rings. The maximum Gasteiger partial charge on any atom is 0.163 e. The zero-order chi connectivity index (χ0) is 26.6. The Bertz CT molecular complexity index is 1140. The third-order valence-corrected chi connectivity index (χ3v) is 6.43. The van der Waals surface area contributed by atoms with Crippen LogP contribution in [-0.4, -0.2) is 74.0 Å². The number of ether oxygens (including phenoxy) is 2. The second-order valence-corrected chi connectivity index (χ2v) is 10.1. The van der Waals surface area contributed by atoms with Crippen LogP contribution in [0.3, 0.4) is 0 Å². The number of benzene rings is 1. The van der Waals surface area contributed by atoms with E-state index in [0.29, 0.717) is 52.3 Å². The molecule has 36 heavy (non-hydrogen) atoms. The highest BCUT2D eigenvalue weighted by molar-refractivity contribution is 6.33. The molecule has 1 aromatic carbocycles. The molecule has 3 rings (SSSR count). The summed E-state index contributed by atoms with van der Waals surface area (Å²) in [5, 5.41) is 13.3. The molecule has 2 aromatic rings. The van der Waals surface area contributed by atoms with Gasteiger partial charge >= 0.3 is 0 Å². The Balaban J connectivity index is 2.09. The molecule has 9 nitrogen and oxygen atoms in total. The zero-order valence-corrected chi connectivity index (χ0v) is 22.6. The first-order valence-electron chi connectivity index (χ1n) is 11.8. The zero-order valence-electron chi connectivity index (χ0n) is 21.8. The van der Waals surface area contributed by atoms with Crippen molar-refractivity contribution >= 4 is 28.8 Å². The number of allylic oxidation sites excluding steroid dienone is 2. The lowest BCUT2D eigenvalue weighted by atomic mass is 9.82. The number of aliphatic hydroxyl groups excluding tert-OH is 1. The molecule has 0 bridgehead atoms. The molecular weight excluding hydrogens is 482 g/mol. The molecule has 0 unspecified atom stereocenters. The summed E-state index contributed by atoms with van der Waals surface area (Å²) in [7, 11) is 3.46. The minimum atomic E-state index is -0.661. The molecule has 0 radical (unpaired) electrons. The number of methoxy groups -OCH3 is 1. The molecule has 10 heteroatoms. The van der Waals surface area contributed by atoms with Gasteiger partial charge in [-0.05, 0) is 46.0 Å². The number of rotatable bonds is 11. The predicted octanol–water partition coefficient (Wildman–Crippen LogP) is 2.82. The van der Waals surface area contributed by atoms with E-state index in [9.17, 15) is 9.90 Å². The van der Waals surface area contributed by atoms with Crippen LogP contribution in [0.15, 0.2) is 23.9 Å². The molecular formula is C26H36ClN5O4. The predicted molar refractivity (Wildman–Crippen MR) is 142 cm³/mol. The molecule has 0 aliphatic carbocycles. The van der Waals surface area contributed by atoms with Crippen LogP contribution in [0.4, 0.5) is 5.82 Å². The van der Waals surface area contributed by atoms with E-state index in [4.69, 9.17) is 36.8 Å². The highest BCUT2D eigenvalue weighted by Crippen LogP contribution is 2.39. The van der Waals surface area contributed by atoms with Crippen molar-refractivity contribution in [1.29, 1.82) is 0 Å². The average Bonchev–Trinajstić information content (AvgIpc) is 2.78. The van der Waals surface area contributed by atoms with Crippen LogP contribution < -0.4 is 20.7 Å². The molecule has 1 saturated heterocycles. The number of hydrogen-bond acceptors (Lipinski definition) is 9. The van der Waals surface area contributed by atoms with Crippen molar-refractivity contribution in [3.8, 4) is 17.1 Å². The summed E-state index contributed by atoms with van der Waals surface area (Å²) in [6.07, 6.45) is -0.661. The number of halogens is 1. The van der Waals surface area contributed by atoms with Gasteiger partial charge in [-0.3, -0.25) is 4.79 Å². The molecule has 2 heterocycles. The number of Topliss-reactive ketones (excluding diaryl/α,β-unsaturated/α-hetero) is 1. The van der Waals surface area contributed by atoms with E-state index < -0.39 is 6.10 Å². The normalized spacial score (nSPS) is 16.3. The van der Waals surface area contributed by atoms with Crippen molar-refractivity contribution in [1.82, 2.24) is 15.3 Å². The van der Waals surface area contributed by atoms with E-state index in [2.05, 4.69) is 17.1 Å². The summed E-state index contributed by atoms with van der Waals surface area (Å²) in [6, 6.07) is 5.17. The SMILES string of the molecule is CNC[C@@H](O)COc1ccc(Cl)c(-c2nc(C(C(C)=O)=C(C)N)c(C)c(N3CC(C)(COC)C3)n2)c1. The van der Waals surface area contributed by atoms with Crippen LogP contribution >= 0.6 is 11.6 Å². The molecule has 1 aliphatic heterocycles. The number of carbonyl (C=O) groups is 1. The first-order valence-corrected chi connectivity index (χ1v) is 12.2. The molecule has 1 atom stereocenters. The average molecular weight is 518 g/mol. The van der Waals surface area contributed by atoms with Gasteiger partial charge in [0.15, 0.2) is 11.6 Å². The van der Waals surface area contributed by atoms with Gasteiger partial charge in [0.1, 0.15) is 24.3 Å². The van der Waals surface area contributed by atoms with Gasteiger partial charge in [-0.2, -0.15) is 0 Å². The van der Waals surface area contributed by atoms with Crippen LogP contribution in [0.5, 0.6) is 5.75 Å². The number of nitrogens with zero attached hydrogens (tertiary/aromatic N) is 3. The number of carbonyl (C=O) groups excluding carboxylic acids is 1. The van der Waals surface area contributed by atoms with E-state index in [0.717, 1.165) is 24.5 Å². The number of likely N-dealkylation sites (N-methyl/N-ethyl adjacent to an activating group) is 1. The number of aromatic nitrogens is 2. The molecule has 0 amide bonds. The van der Waals surface area contributed by atoms with Gasteiger partial charge in [0.25, 0.3) is 0 Å². The fraction of sp³-hybridized carbons (Fsp3) is 0.500. The van der Waals surface area contributed by atoms with Crippen molar-refractivity contribution in [3.05, 3.63) is 40.2 Å². The van der Waals surface area contributed by atoms with Crippen molar-refractivity contribution in [2.75, 3.05) is 51.9 Å². The molecule has 1 fully saturated rings. The quantitative estimate of drug-likeness (QED) is 0.386. The van der Waals surface area contributed by atoms with Gasteiger partial charge in [-0.15, -0.1) is 0 Å². The molecule has 196 valence electrons. The van der Waals surface area contributed by atoms with Crippen molar-refractivity contribution in [3.63, 3.8) is 0 Å². The number of hydrogen-bond donors (Lipinski definition) is 3. The highest BCUT2D eigenvalue weighted by atomic mass is 35.5. The van der Waals surface area contributed by atoms with E-state index in [1.165, 1.54) is 6.92 Å². The van der Waals surface area contributed by atoms with Crippen LogP contribution in [0.2, 0.25) is 5.02 Å². The van der Waals surface area contributed by atoms with Crippen LogP contribution in [0.25, 0.3) is 17.0 Å². The van der Waals surface area contributed by atoms with E-state index in [-0.39, 0.29) is 17.8 Å². The number of nitrogens with one attached hydrogen (secondary N) is 1. The summed E-state index contributed by atoms with van der Waals surface area (Å²) in [6.45, 7) is 9.88. The molecule has 0 saturated carbocycles. The summed E-state index contributed by atoms with van der Waals surface area (Å²) in [5.41, 5.74) is 8.68. The van der Waals surface area contributed by atoms with Gasteiger partial charge in [0.05, 0.1) is 22.9 Å². The first-order chi connectivity index (χ1) is 17.0. The Kier molecular flexibility index (Phi) is 8.94. The standard InChI is InChI=1S/C26H36ClN5O4/c1-15-23(22(16(2)28)17(3)33)30-24(31-25(15)32-12-26(4,13-32)14-35-6)20-9-19(7-8-21(20)27)36-11-18(34)10-29-5/h7-9,18,29,34H,10-14,28H2,1-6H3/t18-/m1/s1. The second kappa shape index (κ2) is 11.6. The number of nitrogens with two attached hydrogens (primary N) is 1. The summed E-state index contributed by atoms with van der Waals surface area (Å²) in [4.78, 5) is 24.4. The fourth-order valence-corrected chi connectivity index (χ4v) is 4.73. The third kappa shape index (κ3) is 6.15. The Labute approximate surface area is 217 Å². The minimum absolute atomic E-state index is 0.00901. The summed E-state index contributed by atoms with van der Waals surface area (Å²) < 4.78 is 11.2. The fourth-order valence-electron chi connectivity index (χ4n) is 4.52. The van der Waals surface area contributed by atoms with Gasteiger partial charge < -0.3 is 30.5 Å². The van der Waals surface area contributed by atoms with Crippen molar-refractivity contribution in [2.24, 2.45) is 11.1 Å². The van der Waals surface area contributed by atoms with Crippen LogP contribution in [0, 0.1) is 12.3 Å². The van der Waals surface area contributed by atoms with Crippen LogP contribution in [-0.2, 0) is 9.53 Å². The first kappa shape index (κ1) is 27.9. The third-order valence-electron chi connectivity index (χ3n) is 6.10. The minimum Gasteiger partial charge on any atom is -0.491 e. The van der Waals surface area contributed by atoms with Gasteiger partial charge in [0, 0.05) is 49.0 Å². The number of anilines is 1. The molecule has 0 spiro atoms. The highest BCUT2D eigenvalue weighted by Gasteiger charge is 2.40. The molecule has 4 N–H and O–H groups in total. The smallest absolute Gasteiger partial charge is 0.163 e. The Hall–Kier alpha value is -2.72. The van der Waals surface area contributed by atoms with E-state index in [1.807, 2.05) is 6.92 Å². The largest absolute Gasteiger partial charge is 0.491 e. The maximum absolute atomic E-state index is 12.6. The Morgan fingerprint density at radius 3 is 2.61 bits per heavy atom. The number of aliphatic hydroxyl groups is 1. The summed E-state index contributed by atoms with van der Waals surface area (Å²) in [5.74, 6) is 1.42. The van der Waals surface area contributed by atoms with E-state index >= 15 is 0 Å². The van der Waals surface area contributed by atoms with Crippen molar-refractivity contribution < 1.29 is 19.4 Å². The Morgan fingerprint density at radius 1 is 1.33 bits per heavy atom. The monoisotopic (exact) mass is 517 g/mol. The topological polar surface area (TPSA) is 123 Å². The van der Waals surface area contributed by atoms with Gasteiger partial charge in [-0.25, -0.2) is 9.97 Å². The van der Waals surface area contributed by atoms with Gasteiger partial charge in [-0.1, -0.05) is 18.5 Å². The second-order valence-electron chi connectivity index (χ2n) is 9.72. The lowest BCUT2D eigenvalue weighted by Crippen LogP contribution is -2.57. The van der Waals surface area contributed by atoms with Crippen LogP contribution in [0.1, 0.15) is 32.0 Å². The van der Waals surface area contributed by atoms with Crippen molar-refractivity contribution in [2.45, 2.75) is 33.8 Å². The lowest BCUT2D eigenvalue weighted by molar-refractivity contribution is -0.111. The molecule has 1 aromatic heterocycles. The van der Waals surface area contributed by atoms with E-state index in [1.54, 1.807) is 39.3 Å². The number of ketones is 1. The summed E-state index contributed by atoms with van der Waals surface area (Å²) >= 11 is 6.58. The lowest BCUT2D eigenvalue weighted by Gasteiger charge is -2.49. The Morgan fingerprint density at radius 2 is 2.03 bits per heavy atom. The maximum atomic E-state index is 12.6.